The Labute approximate surface area is 152 Å². The van der Waals surface area contributed by atoms with Crippen molar-refractivity contribution in [2.24, 2.45) is 0 Å². The molecule has 2 aromatic heterocycles. The zero-order chi connectivity index (χ0) is 17.9. The Kier molecular flexibility index (Phi) is 4.40. The first-order chi connectivity index (χ1) is 12.7. The summed E-state index contributed by atoms with van der Waals surface area (Å²) >= 11 is 0. The molecule has 0 unspecified atom stereocenters. The molecule has 0 bridgehead atoms. The number of aryl methyl sites for hydroxylation is 2. The molecule has 0 radical (unpaired) electrons. The molecule has 2 heterocycles. The molecule has 130 valence electrons. The zero-order valence-electron chi connectivity index (χ0n) is 14.8. The highest BCUT2D eigenvalue weighted by molar-refractivity contribution is 5.77. The van der Waals surface area contributed by atoms with Crippen molar-refractivity contribution in [1.29, 1.82) is 0 Å². The maximum absolute atomic E-state index is 13.1. The van der Waals surface area contributed by atoms with Gasteiger partial charge < -0.3 is 4.98 Å². The molecular weight excluding hydrogens is 322 g/mol. The van der Waals surface area contributed by atoms with Crippen LogP contribution in [0.5, 0.6) is 0 Å². The van der Waals surface area contributed by atoms with Gasteiger partial charge in [0.05, 0.1) is 5.39 Å². The SMILES string of the molecule is Cc1cc2c(=O)n(CCCc3ccccc3)c(-c3ccccc3)nc2[nH]1. The molecule has 0 aliphatic heterocycles. The van der Waals surface area contributed by atoms with E-state index in [0.29, 0.717) is 17.6 Å². The van der Waals surface area contributed by atoms with Gasteiger partial charge in [0.2, 0.25) is 0 Å². The molecular formula is C22H21N3O. The van der Waals surface area contributed by atoms with Gasteiger partial charge in [-0.25, -0.2) is 4.98 Å². The highest BCUT2D eigenvalue weighted by atomic mass is 16.1. The Balaban J connectivity index is 1.73. The van der Waals surface area contributed by atoms with Crippen molar-refractivity contribution in [3.05, 3.63) is 88.3 Å². The van der Waals surface area contributed by atoms with Crippen LogP contribution in [0.15, 0.2) is 71.5 Å². The molecule has 0 spiro atoms. The van der Waals surface area contributed by atoms with Gasteiger partial charge in [0.15, 0.2) is 0 Å². The fourth-order valence-corrected chi connectivity index (χ4v) is 3.34. The highest BCUT2D eigenvalue weighted by Crippen LogP contribution is 2.19. The summed E-state index contributed by atoms with van der Waals surface area (Å²) in [5, 5.41) is 0.655. The molecule has 0 fully saturated rings. The van der Waals surface area contributed by atoms with E-state index in [4.69, 9.17) is 4.98 Å². The minimum absolute atomic E-state index is 0.0197. The predicted molar refractivity (Wildman–Crippen MR) is 105 cm³/mol. The van der Waals surface area contributed by atoms with Crippen LogP contribution < -0.4 is 5.56 Å². The lowest BCUT2D eigenvalue weighted by molar-refractivity contribution is 0.624. The van der Waals surface area contributed by atoms with E-state index in [1.165, 1.54) is 5.56 Å². The van der Waals surface area contributed by atoms with E-state index in [1.807, 2.05) is 66.1 Å². The van der Waals surface area contributed by atoms with E-state index >= 15 is 0 Å². The molecule has 4 rings (SSSR count). The van der Waals surface area contributed by atoms with Crippen LogP contribution in [-0.4, -0.2) is 14.5 Å². The van der Waals surface area contributed by atoms with Crippen molar-refractivity contribution < 1.29 is 0 Å². The highest BCUT2D eigenvalue weighted by Gasteiger charge is 2.14. The van der Waals surface area contributed by atoms with Crippen LogP contribution in [0, 0.1) is 6.92 Å². The third-order valence-electron chi connectivity index (χ3n) is 4.60. The summed E-state index contributed by atoms with van der Waals surface area (Å²) in [5.41, 5.74) is 3.87. The Morgan fingerprint density at radius 2 is 1.69 bits per heavy atom. The number of aromatic nitrogens is 3. The first-order valence-electron chi connectivity index (χ1n) is 8.92. The second-order valence-electron chi connectivity index (χ2n) is 6.56. The van der Waals surface area contributed by atoms with Crippen molar-refractivity contribution in [2.45, 2.75) is 26.3 Å². The molecule has 2 aromatic carbocycles. The lowest BCUT2D eigenvalue weighted by atomic mass is 10.1. The topological polar surface area (TPSA) is 50.7 Å². The molecule has 26 heavy (non-hydrogen) atoms. The molecule has 4 heteroatoms. The van der Waals surface area contributed by atoms with Crippen molar-refractivity contribution in [3.8, 4) is 11.4 Å². The van der Waals surface area contributed by atoms with Crippen molar-refractivity contribution in [2.75, 3.05) is 0 Å². The van der Waals surface area contributed by atoms with E-state index in [1.54, 1.807) is 0 Å². The van der Waals surface area contributed by atoms with Crippen LogP contribution in [0.2, 0.25) is 0 Å². The number of nitrogens with zero attached hydrogens (tertiary/aromatic N) is 2. The largest absolute Gasteiger partial charge is 0.343 e. The summed E-state index contributed by atoms with van der Waals surface area (Å²) in [4.78, 5) is 21.0. The average Bonchev–Trinajstić information content (AvgIpc) is 3.06. The van der Waals surface area contributed by atoms with Crippen LogP contribution in [0.3, 0.4) is 0 Å². The number of hydrogen-bond acceptors (Lipinski definition) is 2. The Morgan fingerprint density at radius 3 is 2.42 bits per heavy atom. The van der Waals surface area contributed by atoms with Gasteiger partial charge in [0.1, 0.15) is 11.5 Å². The fourth-order valence-electron chi connectivity index (χ4n) is 3.34. The zero-order valence-corrected chi connectivity index (χ0v) is 14.8. The fraction of sp³-hybridized carbons (Fsp3) is 0.182. The van der Waals surface area contributed by atoms with Gasteiger partial charge in [-0.05, 0) is 31.4 Å². The normalized spacial score (nSPS) is 11.1. The molecule has 0 saturated heterocycles. The van der Waals surface area contributed by atoms with Gasteiger partial charge in [-0.15, -0.1) is 0 Å². The van der Waals surface area contributed by atoms with Gasteiger partial charge in [-0.3, -0.25) is 9.36 Å². The van der Waals surface area contributed by atoms with Crippen molar-refractivity contribution in [3.63, 3.8) is 0 Å². The predicted octanol–water partition coefficient (Wildman–Crippen LogP) is 4.33. The van der Waals surface area contributed by atoms with Gasteiger partial charge in [0.25, 0.3) is 5.56 Å². The molecule has 4 nitrogen and oxygen atoms in total. The molecule has 4 aromatic rings. The molecule has 1 N–H and O–H groups in total. The molecule has 0 aliphatic carbocycles. The summed E-state index contributed by atoms with van der Waals surface area (Å²) in [6.45, 7) is 2.59. The van der Waals surface area contributed by atoms with Gasteiger partial charge in [0, 0.05) is 17.8 Å². The van der Waals surface area contributed by atoms with Gasteiger partial charge >= 0.3 is 0 Å². The van der Waals surface area contributed by atoms with Crippen molar-refractivity contribution in [1.82, 2.24) is 14.5 Å². The second kappa shape index (κ2) is 7.00. The number of fused-ring (bicyclic) bond motifs is 1. The van der Waals surface area contributed by atoms with Crippen LogP contribution in [0.25, 0.3) is 22.4 Å². The van der Waals surface area contributed by atoms with Crippen LogP contribution >= 0.6 is 0 Å². The lowest BCUT2D eigenvalue weighted by Crippen LogP contribution is -2.23. The van der Waals surface area contributed by atoms with Crippen molar-refractivity contribution >= 4 is 11.0 Å². The van der Waals surface area contributed by atoms with E-state index in [9.17, 15) is 4.79 Å². The number of aromatic amines is 1. The summed E-state index contributed by atoms with van der Waals surface area (Å²) < 4.78 is 1.81. The molecule has 0 amide bonds. The summed E-state index contributed by atoms with van der Waals surface area (Å²) in [5.74, 6) is 0.720. The van der Waals surface area contributed by atoms with E-state index < -0.39 is 0 Å². The van der Waals surface area contributed by atoms with E-state index in [-0.39, 0.29) is 5.56 Å². The number of nitrogens with one attached hydrogen (secondary N) is 1. The molecule has 0 saturated carbocycles. The van der Waals surface area contributed by atoms with Crippen LogP contribution in [-0.2, 0) is 13.0 Å². The summed E-state index contributed by atoms with van der Waals surface area (Å²) in [6, 6.07) is 22.2. The minimum Gasteiger partial charge on any atom is -0.343 e. The number of hydrogen-bond donors (Lipinski definition) is 1. The van der Waals surface area contributed by atoms with E-state index in [0.717, 1.165) is 29.9 Å². The third kappa shape index (κ3) is 3.18. The number of H-pyrrole nitrogens is 1. The average molecular weight is 343 g/mol. The second-order valence-corrected chi connectivity index (χ2v) is 6.56. The van der Waals surface area contributed by atoms with E-state index in [2.05, 4.69) is 17.1 Å². The monoisotopic (exact) mass is 343 g/mol. The number of benzene rings is 2. The Morgan fingerprint density at radius 1 is 1.00 bits per heavy atom. The molecule has 0 aliphatic rings. The maximum atomic E-state index is 13.1. The first kappa shape index (κ1) is 16.3. The van der Waals surface area contributed by atoms with Crippen LogP contribution in [0.4, 0.5) is 0 Å². The molecule has 0 atom stereocenters. The minimum atomic E-state index is 0.0197. The summed E-state index contributed by atoms with van der Waals surface area (Å²) in [7, 11) is 0. The first-order valence-corrected chi connectivity index (χ1v) is 8.92. The lowest BCUT2D eigenvalue weighted by Gasteiger charge is -2.12. The Hall–Kier alpha value is -3.14. The van der Waals surface area contributed by atoms with Gasteiger partial charge in [-0.1, -0.05) is 60.7 Å². The quantitative estimate of drug-likeness (QED) is 0.586. The third-order valence-corrected chi connectivity index (χ3v) is 4.60. The van der Waals surface area contributed by atoms with Crippen LogP contribution in [0.1, 0.15) is 17.7 Å². The van der Waals surface area contributed by atoms with Gasteiger partial charge in [-0.2, -0.15) is 0 Å². The maximum Gasteiger partial charge on any atom is 0.263 e. The smallest absolute Gasteiger partial charge is 0.263 e. The summed E-state index contributed by atoms with van der Waals surface area (Å²) in [6.07, 6.45) is 1.83. The Bertz CT molecular complexity index is 1080. The standard InChI is InChI=1S/C22H21N3O/c1-16-15-19-20(23-16)24-21(18-12-6-3-7-13-18)25(22(19)26)14-8-11-17-9-4-2-5-10-17/h2-7,9-10,12-13,15,23H,8,11,14H2,1H3. The number of rotatable bonds is 5.